The highest BCUT2D eigenvalue weighted by Crippen LogP contribution is 2.63. The normalized spacial score (nSPS) is 34.9. The Morgan fingerprint density at radius 1 is 1.57 bits per heavy atom. The van der Waals surface area contributed by atoms with Crippen LogP contribution in [0.1, 0.15) is 41.0 Å². The van der Waals surface area contributed by atoms with Crippen molar-refractivity contribution >= 4 is 55.4 Å². The Hall–Kier alpha value is -1.97. The summed E-state index contributed by atoms with van der Waals surface area (Å²) in [5.41, 5.74) is 5.81. The molecule has 30 heavy (non-hydrogen) atoms. The van der Waals surface area contributed by atoms with Crippen molar-refractivity contribution in [2.24, 2.45) is 11.3 Å². The fraction of sp³-hybridized carbons (Fsp3) is 0.600. The highest BCUT2D eigenvalue weighted by molar-refractivity contribution is 9.11. The number of rotatable bonds is 6. The van der Waals surface area contributed by atoms with Gasteiger partial charge in [-0.1, -0.05) is 37.9 Å². The minimum atomic E-state index is -1.50. The number of nitriles is 1. The predicted octanol–water partition coefficient (Wildman–Crippen LogP) is 3.45. The smallest absolute Gasteiger partial charge is 0.331 e. The summed E-state index contributed by atoms with van der Waals surface area (Å²) < 4.78 is 5.74. The topological polar surface area (TPSA) is 125 Å². The molecular formula is C20H22Br2N4O4. The first-order chi connectivity index (χ1) is 14.0. The van der Waals surface area contributed by atoms with Gasteiger partial charge >= 0.3 is 17.5 Å². The van der Waals surface area contributed by atoms with Crippen molar-refractivity contribution in [2.45, 2.75) is 61.6 Å². The van der Waals surface area contributed by atoms with Crippen LogP contribution in [0.2, 0.25) is 0 Å². The molecule has 0 amide bonds. The van der Waals surface area contributed by atoms with E-state index in [2.05, 4.69) is 47.6 Å². The van der Waals surface area contributed by atoms with E-state index in [9.17, 15) is 14.4 Å². The second kappa shape index (κ2) is 9.03. The number of ether oxygens (including phenoxy) is 1. The molecule has 160 valence electrons. The quantitative estimate of drug-likeness (QED) is 0.167. The molecule has 2 saturated carbocycles. The molecule has 0 aromatic carbocycles. The number of alkyl halides is 1. The molecule has 10 heteroatoms. The van der Waals surface area contributed by atoms with Gasteiger partial charge in [0.1, 0.15) is 17.3 Å². The van der Waals surface area contributed by atoms with Crippen molar-refractivity contribution in [3.63, 3.8) is 0 Å². The van der Waals surface area contributed by atoms with Gasteiger partial charge in [-0.05, 0) is 25.3 Å². The number of Topliss-reactive ketones (excluding diaryl/α,β-unsaturated/α-hetero) is 3. The van der Waals surface area contributed by atoms with Gasteiger partial charge in [0, 0.05) is 13.8 Å². The standard InChI is InChI=1S/C10H10BrN3O2.C10H10BrNO2.H2/c1-8(15)6-10(13-2,4-3-5-11)9(16)7-14-12;1-9-3-10(4-12)2-5(9)6(11)7(14-9)8(10)13;/h3,5,7H,4,6H2,1H3;5-7H,2-3H2,1H3;1H/b5-3+;;/t10-;5?,6-,7?,9?,10?;/m10./s1. The van der Waals surface area contributed by atoms with E-state index < -0.39 is 16.7 Å². The average Bonchev–Trinajstić information content (AvgIpc) is 3.08. The van der Waals surface area contributed by atoms with Gasteiger partial charge in [-0.15, -0.1) is 0 Å². The van der Waals surface area contributed by atoms with Crippen molar-refractivity contribution in [1.29, 1.82) is 5.26 Å². The molecule has 4 aliphatic rings. The summed E-state index contributed by atoms with van der Waals surface area (Å²) in [6, 6.07) is 2.21. The fourth-order valence-corrected chi connectivity index (χ4v) is 5.84. The Morgan fingerprint density at radius 2 is 2.23 bits per heavy atom. The summed E-state index contributed by atoms with van der Waals surface area (Å²) >= 11 is 6.55. The second-order valence-electron chi connectivity index (χ2n) is 8.04. The lowest BCUT2D eigenvalue weighted by Gasteiger charge is -2.34. The third-order valence-corrected chi connectivity index (χ3v) is 7.45. The molecule has 6 atom stereocenters. The lowest BCUT2D eigenvalue weighted by Crippen LogP contribution is -2.48. The van der Waals surface area contributed by atoms with Gasteiger partial charge in [-0.25, -0.2) is 6.57 Å². The lowest BCUT2D eigenvalue weighted by molar-refractivity contribution is -0.151. The van der Waals surface area contributed by atoms with Gasteiger partial charge in [-0.3, -0.25) is 14.4 Å². The van der Waals surface area contributed by atoms with Crippen molar-refractivity contribution in [1.82, 2.24) is 0 Å². The highest BCUT2D eigenvalue weighted by atomic mass is 79.9. The molecule has 0 N–H and O–H groups in total. The van der Waals surface area contributed by atoms with Gasteiger partial charge in [0.15, 0.2) is 5.78 Å². The molecule has 0 spiro atoms. The predicted molar refractivity (Wildman–Crippen MR) is 116 cm³/mol. The lowest BCUT2D eigenvalue weighted by atomic mass is 9.74. The number of hydrogen-bond acceptors (Lipinski definition) is 5. The molecule has 8 nitrogen and oxygen atoms in total. The molecule has 2 heterocycles. The number of ketones is 3. The zero-order chi connectivity index (χ0) is 22.7. The van der Waals surface area contributed by atoms with Crippen molar-refractivity contribution in [3.8, 4) is 6.07 Å². The van der Waals surface area contributed by atoms with Gasteiger partial charge in [0.25, 0.3) is 0 Å². The molecule has 2 saturated heterocycles. The Morgan fingerprint density at radius 3 is 2.70 bits per heavy atom. The first-order valence-corrected chi connectivity index (χ1v) is 11.0. The number of carbonyl (C=O) groups excluding carboxylic acids is 3. The van der Waals surface area contributed by atoms with Crippen LogP contribution in [0.25, 0.3) is 10.4 Å². The molecular weight excluding hydrogens is 520 g/mol. The zero-order valence-corrected chi connectivity index (χ0v) is 19.6. The van der Waals surface area contributed by atoms with E-state index in [4.69, 9.17) is 22.1 Å². The van der Waals surface area contributed by atoms with Crippen LogP contribution >= 0.6 is 31.9 Å². The Kier molecular flexibility index (Phi) is 7.32. The van der Waals surface area contributed by atoms with Gasteiger partial charge < -0.3 is 15.1 Å². The van der Waals surface area contributed by atoms with Crippen LogP contribution in [0, 0.1) is 29.2 Å². The number of hydrogen-bond donors (Lipinski definition) is 0. The van der Waals surface area contributed by atoms with Crippen LogP contribution in [0.3, 0.4) is 0 Å². The Balaban J connectivity index is 0.000000301. The minimum absolute atomic E-state index is 0. The van der Waals surface area contributed by atoms with E-state index in [1.807, 2.05) is 6.92 Å². The first-order valence-electron chi connectivity index (χ1n) is 9.17. The van der Waals surface area contributed by atoms with E-state index >= 15 is 0 Å². The van der Waals surface area contributed by atoms with Crippen molar-refractivity contribution in [2.75, 3.05) is 0 Å². The maximum absolute atomic E-state index is 11.9. The Bertz CT molecular complexity index is 938. The molecule has 4 bridgehead atoms. The van der Waals surface area contributed by atoms with Crippen LogP contribution in [-0.4, -0.2) is 50.4 Å². The summed E-state index contributed by atoms with van der Waals surface area (Å²) in [6.45, 7) is 10.4. The van der Waals surface area contributed by atoms with E-state index in [0.29, 0.717) is 25.0 Å². The number of nitrogens with zero attached hydrogens (tertiary/aromatic N) is 4. The largest absolute Gasteiger partial charge is 0.363 e. The first kappa shape index (κ1) is 24.3. The zero-order valence-electron chi connectivity index (χ0n) is 16.5. The molecule has 0 aromatic heterocycles. The number of carbonyl (C=O) groups is 3. The van der Waals surface area contributed by atoms with E-state index in [1.54, 1.807) is 6.08 Å². The number of halogens is 2. The van der Waals surface area contributed by atoms with Gasteiger partial charge in [0.05, 0.1) is 29.3 Å². The second-order valence-corrected chi connectivity index (χ2v) is 9.62. The van der Waals surface area contributed by atoms with Crippen LogP contribution in [0.4, 0.5) is 0 Å². The fourth-order valence-electron chi connectivity index (χ4n) is 4.56. The van der Waals surface area contributed by atoms with Crippen LogP contribution in [0.15, 0.2) is 11.1 Å². The average molecular weight is 542 g/mol. The van der Waals surface area contributed by atoms with E-state index in [0.717, 1.165) is 0 Å². The van der Waals surface area contributed by atoms with Crippen molar-refractivity contribution < 1.29 is 25.3 Å². The third-order valence-electron chi connectivity index (χ3n) is 5.95. The van der Waals surface area contributed by atoms with Gasteiger partial charge in [0.2, 0.25) is 0 Å². The van der Waals surface area contributed by atoms with Crippen LogP contribution < -0.4 is 0 Å². The molecule has 2 aliphatic heterocycles. The maximum atomic E-state index is 11.9. The minimum Gasteiger partial charge on any atom is -0.363 e. The molecule has 2 aliphatic carbocycles. The summed E-state index contributed by atoms with van der Waals surface area (Å²) in [5.74, 6) is -0.623. The van der Waals surface area contributed by atoms with Crippen molar-refractivity contribution in [3.05, 3.63) is 28.0 Å². The molecule has 4 rings (SSSR count). The molecule has 0 aromatic rings. The summed E-state index contributed by atoms with van der Waals surface area (Å²) in [6.07, 6.45) is 2.98. The SMILES string of the molecule is CC12CC3(C#N)CC1[C@H](Br)C(O2)C3=O.[C-]#[N+][C@](C/C=C/Br)(CC(C)=O)C(=O)C=[N+]=[N-].[HH]. The third kappa shape index (κ3) is 4.10. The van der Waals surface area contributed by atoms with Crippen LogP contribution in [-0.2, 0) is 19.1 Å². The summed E-state index contributed by atoms with van der Waals surface area (Å²) in [5, 5.41) is 9.14. The van der Waals surface area contributed by atoms with Gasteiger partial charge in [-0.2, -0.15) is 10.1 Å². The monoisotopic (exact) mass is 540 g/mol. The summed E-state index contributed by atoms with van der Waals surface area (Å²) in [4.78, 5) is 42.1. The molecule has 4 fully saturated rings. The molecule has 0 radical (unpaired) electrons. The maximum Gasteiger partial charge on any atom is 0.331 e. The molecule has 4 unspecified atom stereocenters. The summed E-state index contributed by atoms with van der Waals surface area (Å²) in [7, 11) is 0. The highest BCUT2D eigenvalue weighted by Gasteiger charge is 2.71. The van der Waals surface area contributed by atoms with E-state index in [1.165, 1.54) is 11.9 Å². The van der Waals surface area contributed by atoms with E-state index in [-0.39, 0.29) is 42.4 Å². The Labute approximate surface area is 192 Å². The van der Waals surface area contributed by atoms with Crippen LogP contribution in [0.5, 0.6) is 0 Å².